The Labute approximate surface area is 160 Å². The second kappa shape index (κ2) is 9.08. The van der Waals surface area contributed by atoms with Crippen LogP contribution < -0.4 is 0 Å². The summed E-state index contributed by atoms with van der Waals surface area (Å²) >= 11 is 1.40. The van der Waals surface area contributed by atoms with Gasteiger partial charge in [-0.25, -0.2) is 4.79 Å². The van der Waals surface area contributed by atoms with Crippen molar-refractivity contribution in [2.24, 2.45) is 5.41 Å². The number of hydrogen-bond donors (Lipinski definition) is 1. The van der Waals surface area contributed by atoms with Gasteiger partial charge in [-0.1, -0.05) is 51.1 Å². The van der Waals surface area contributed by atoms with Crippen LogP contribution in [0.5, 0.6) is 0 Å². The molecule has 1 aliphatic heterocycles. The number of thioether (sulfide) groups is 1. The minimum absolute atomic E-state index is 0.108. The van der Waals surface area contributed by atoms with E-state index in [2.05, 4.69) is 20.8 Å². The third-order valence-electron chi connectivity index (χ3n) is 4.13. The van der Waals surface area contributed by atoms with Gasteiger partial charge in [-0.15, -0.1) is 11.8 Å². The Bertz CT molecular complexity index is 689. The lowest BCUT2D eigenvalue weighted by Gasteiger charge is -2.34. The molecule has 4 nitrogen and oxygen atoms in total. The molecule has 1 aliphatic rings. The highest BCUT2D eigenvalue weighted by atomic mass is 32.2. The average molecular weight is 374 g/mol. The molecule has 5 heteroatoms. The van der Waals surface area contributed by atoms with Gasteiger partial charge in [-0.2, -0.15) is 0 Å². The molecule has 0 radical (unpaired) electrons. The Morgan fingerprint density at radius 1 is 1.19 bits per heavy atom. The number of Topliss-reactive ketones (excluding diaryl/α,β-unsaturated/α-hetero) is 1. The van der Waals surface area contributed by atoms with E-state index in [9.17, 15) is 14.7 Å². The maximum Gasteiger partial charge on any atom is 0.334 e. The van der Waals surface area contributed by atoms with Crippen molar-refractivity contribution >= 4 is 23.5 Å². The van der Waals surface area contributed by atoms with E-state index in [0.29, 0.717) is 17.7 Å². The smallest absolute Gasteiger partial charge is 0.334 e. The molecule has 0 aromatic heterocycles. The summed E-state index contributed by atoms with van der Waals surface area (Å²) in [5, 5.41) is 9.19. The summed E-state index contributed by atoms with van der Waals surface area (Å²) in [6.45, 7) is 7.26. The van der Waals surface area contributed by atoms with Crippen molar-refractivity contribution < 1.29 is 14.7 Å². The molecule has 1 unspecified atom stereocenters. The zero-order chi connectivity index (χ0) is 19.2. The molecular weight excluding hydrogens is 346 g/mol. The van der Waals surface area contributed by atoms with Gasteiger partial charge in [-0.05, 0) is 29.6 Å². The molecule has 1 atom stereocenters. The zero-order valence-electron chi connectivity index (χ0n) is 15.6. The molecule has 0 amide bonds. The van der Waals surface area contributed by atoms with E-state index >= 15 is 0 Å². The van der Waals surface area contributed by atoms with Crippen LogP contribution in [0.15, 0.2) is 54.3 Å². The van der Waals surface area contributed by atoms with E-state index in [1.54, 1.807) is 12.2 Å². The predicted octanol–water partition coefficient (Wildman–Crippen LogP) is 4.13. The Morgan fingerprint density at radius 3 is 2.50 bits per heavy atom. The maximum atomic E-state index is 12.3. The second-order valence-electron chi connectivity index (χ2n) is 7.68. The molecule has 0 fully saturated rings. The minimum atomic E-state index is -0.928. The molecule has 0 spiro atoms. The summed E-state index contributed by atoms with van der Waals surface area (Å²) in [5.41, 5.74) is 1.48. The van der Waals surface area contributed by atoms with Gasteiger partial charge in [0.25, 0.3) is 0 Å². The van der Waals surface area contributed by atoms with Crippen LogP contribution in [0.4, 0.5) is 0 Å². The summed E-state index contributed by atoms with van der Waals surface area (Å²) in [7, 11) is 0. The fourth-order valence-electron chi connectivity index (χ4n) is 2.66. The van der Waals surface area contributed by atoms with Gasteiger partial charge >= 0.3 is 5.97 Å². The summed E-state index contributed by atoms with van der Waals surface area (Å²) in [6.07, 6.45) is 6.66. The molecule has 0 bridgehead atoms. The van der Waals surface area contributed by atoms with Crippen molar-refractivity contribution in [1.82, 2.24) is 4.90 Å². The van der Waals surface area contributed by atoms with Crippen LogP contribution in [0.2, 0.25) is 0 Å². The third kappa shape index (κ3) is 6.37. The lowest BCUT2D eigenvalue weighted by atomic mass is 9.92. The third-order valence-corrected chi connectivity index (χ3v) is 5.46. The number of carboxylic acid groups (broad SMARTS) is 1. The van der Waals surface area contributed by atoms with E-state index in [4.69, 9.17) is 0 Å². The first-order valence-corrected chi connectivity index (χ1v) is 9.86. The summed E-state index contributed by atoms with van der Waals surface area (Å²) < 4.78 is 0. The van der Waals surface area contributed by atoms with E-state index in [0.717, 1.165) is 18.5 Å². The van der Waals surface area contributed by atoms with Gasteiger partial charge in [0.1, 0.15) is 11.2 Å². The SMILES string of the molecule is CC(C)(C)CCN1C=CC=C(C(=O)O)C1SCC(=O)Cc1ccccc1. The standard InChI is InChI=1S/C21H27NO3S/c1-21(2,3)11-13-22-12-7-10-18(20(24)25)19(22)26-15-17(23)14-16-8-5-4-6-9-16/h4-10,12,19H,11,13-15H2,1-3H3,(H,24,25). The molecule has 140 valence electrons. The van der Waals surface area contributed by atoms with Gasteiger partial charge in [0.05, 0.1) is 11.3 Å². The number of carbonyl (C=O) groups excluding carboxylic acids is 1. The van der Waals surface area contributed by atoms with Crippen LogP contribution in [-0.2, 0) is 16.0 Å². The van der Waals surface area contributed by atoms with E-state index in [1.807, 2.05) is 41.4 Å². The predicted molar refractivity (Wildman–Crippen MR) is 107 cm³/mol. The highest BCUT2D eigenvalue weighted by Crippen LogP contribution is 2.29. The number of aliphatic carboxylic acids is 1. The number of benzene rings is 1. The number of allylic oxidation sites excluding steroid dienone is 2. The van der Waals surface area contributed by atoms with Crippen LogP contribution in [0, 0.1) is 5.41 Å². The number of carboxylic acids is 1. The minimum Gasteiger partial charge on any atom is -0.478 e. The van der Waals surface area contributed by atoms with Crippen molar-refractivity contribution in [3.8, 4) is 0 Å². The van der Waals surface area contributed by atoms with Crippen molar-refractivity contribution in [3.63, 3.8) is 0 Å². The number of rotatable bonds is 8. The molecule has 1 N–H and O–H groups in total. The van der Waals surface area contributed by atoms with Crippen molar-refractivity contribution in [2.75, 3.05) is 12.3 Å². The van der Waals surface area contributed by atoms with Gasteiger partial charge in [-0.3, -0.25) is 4.79 Å². The summed E-state index contributed by atoms with van der Waals surface area (Å²) in [6, 6.07) is 9.63. The van der Waals surface area contributed by atoms with Crippen LogP contribution in [0.25, 0.3) is 0 Å². The number of hydrogen-bond acceptors (Lipinski definition) is 4. The lowest BCUT2D eigenvalue weighted by molar-refractivity contribution is -0.133. The molecule has 0 aliphatic carbocycles. The van der Waals surface area contributed by atoms with Crippen molar-refractivity contribution in [1.29, 1.82) is 0 Å². The lowest BCUT2D eigenvalue weighted by Crippen LogP contribution is -2.37. The van der Waals surface area contributed by atoms with Gasteiger partial charge in [0.15, 0.2) is 0 Å². The molecule has 1 aromatic carbocycles. The molecule has 0 saturated carbocycles. The van der Waals surface area contributed by atoms with E-state index in [-0.39, 0.29) is 16.6 Å². The highest BCUT2D eigenvalue weighted by Gasteiger charge is 2.28. The van der Waals surface area contributed by atoms with E-state index in [1.165, 1.54) is 11.8 Å². The molecule has 26 heavy (non-hydrogen) atoms. The fourth-order valence-corrected chi connectivity index (χ4v) is 3.83. The van der Waals surface area contributed by atoms with Crippen LogP contribution >= 0.6 is 11.8 Å². The fraction of sp³-hybridized carbons (Fsp3) is 0.429. The van der Waals surface area contributed by atoms with E-state index < -0.39 is 5.97 Å². The maximum absolute atomic E-state index is 12.3. The molecule has 1 aromatic rings. The second-order valence-corrected chi connectivity index (χ2v) is 8.75. The molecule has 2 rings (SSSR count). The van der Waals surface area contributed by atoms with Crippen LogP contribution in [-0.4, -0.2) is 39.4 Å². The van der Waals surface area contributed by atoms with Crippen molar-refractivity contribution in [3.05, 3.63) is 59.8 Å². The van der Waals surface area contributed by atoms with Gasteiger partial charge in [0.2, 0.25) is 0 Å². The molecule has 0 saturated heterocycles. The van der Waals surface area contributed by atoms with Crippen LogP contribution in [0.1, 0.15) is 32.8 Å². The molecule has 1 heterocycles. The quantitative estimate of drug-likeness (QED) is 0.742. The summed E-state index contributed by atoms with van der Waals surface area (Å²) in [5.74, 6) is -0.524. The first-order valence-electron chi connectivity index (χ1n) is 8.81. The normalized spacial score (nSPS) is 17.1. The Balaban J connectivity index is 2.00. The van der Waals surface area contributed by atoms with Crippen LogP contribution in [0.3, 0.4) is 0 Å². The van der Waals surface area contributed by atoms with Gasteiger partial charge < -0.3 is 10.0 Å². The Hall–Kier alpha value is -2.01. The monoisotopic (exact) mass is 373 g/mol. The largest absolute Gasteiger partial charge is 0.478 e. The number of carbonyl (C=O) groups is 2. The Kier molecular flexibility index (Phi) is 7.09. The number of ketones is 1. The average Bonchev–Trinajstić information content (AvgIpc) is 2.58. The first kappa shape index (κ1) is 20.3. The first-order chi connectivity index (χ1) is 12.3. The van der Waals surface area contributed by atoms with Crippen molar-refractivity contribution in [2.45, 2.75) is 39.0 Å². The Morgan fingerprint density at radius 2 is 1.88 bits per heavy atom. The topological polar surface area (TPSA) is 57.6 Å². The zero-order valence-corrected chi connectivity index (χ0v) is 16.5. The summed E-state index contributed by atoms with van der Waals surface area (Å²) in [4.78, 5) is 26.0. The highest BCUT2D eigenvalue weighted by molar-refractivity contribution is 8.00. The number of nitrogens with zero attached hydrogens (tertiary/aromatic N) is 1. The molecular formula is C21H27NO3S. The van der Waals surface area contributed by atoms with Gasteiger partial charge in [0, 0.05) is 19.2 Å².